The van der Waals surface area contributed by atoms with E-state index in [-0.39, 0.29) is 37.0 Å². The Balaban J connectivity index is 1.55. The summed E-state index contributed by atoms with van der Waals surface area (Å²) in [5.41, 5.74) is -0.883. The van der Waals surface area contributed by atoms with E-state index >= 15 is 0 Å². The first-order valence-corrected chi connectivity index (χ1v) is 9.28. The zero-order valence-electron chi connectivity index (χ0n) is 15.4. The maximum absolute atomic E-state index is 12.8. The van der Waals surface area contributed by atoms with Crippen molar-refractivity contribution in [3.63, 3.8) is 0 Å². The number of benzene rings is 1. The van der Waals surface area contributed by atoms with Crippen molar-refractivity contribution in [2.75, 3.05) is 39.3 Å². The lowest BCUT2D eigenvalue weighted by molar-refractivity contribution is -0.142. The molecule has 0 radical (unpaired) electrons. The van der Waals surface area contributed by atoms with Crippen LogP contribution in [0.2, 0.25) is 0 Å². The summed E-state index contributed by atoms with van der Waals surface area (Å²) in [5, 5.41) is 0. The number of hydrogen-bond donors (Lipinski definition) is 0. The number of carbonyl (C=O) groups is 3. The van der Waals surface area contributed by atoms with Gasteiger partial charge in [-0.3, -0.25) is 14.4 Å². The molecule has 6 nitrogen and oxygen atoms in total. The number of halogens is 3. The molecule has 3 amide bonds. The van der Waals surface area contributed by atoms with Gasteiger partial charge < -0.3 is 14.7 Å². The minimum atomic E-state index is -4.51. The van der Waals surface area contributed by atoms with Crippen LogP contribution in [-0.4, -0.2) is 71.7 Å². The third-order valence-electron chi connectivity index (χ3n) is 5.10. The van der Waals surface area contributed by atoms with Crippen molar-refractivity contribution < 1.29 is 27.6 Å². The molecule has 0 atom stereocenters. The van der Waals surface area contributed by atoms with E-state index in [4.69, 9.17) is 0 Å². The number of hydrogen-bond acceptors (Lipinski definition) is 3. The molecule has 2 saturated heterocycles. The highest BCUT2D eigenvalue weighted by atomic mass is 19.4. The topological polar surface area (TPSA) is 60.9 Å². The molecule has 28 heavy (non-hydrogen) atoms. The van der Waals surface area contributed by atoms with Crippen LogP contribution in [0.3, 0.4) is 0 Å². The van der Waals surface area contributed by atoms with E-state index in [9.17, 15) is 27.6 Å². The van der Waals surface area contributed by atoms with Gasteiger partial charge >= 0.3 is 6.18 Å². The van der Waals surface area contributed by atoms with E-state index < -0.39 is 17.6 Å². The lowest BCUT2D eigenvalue weighted by Crippen LogP contribution is -2.53. The molecule has 0 bridgehead atoms. The fourth-order valence-electron chi connectivity index (χ4n) is 3.46. The van der Waals surface area contributed by atoms with Gasteiger partial charge in [0.15, 0.2) is 0 Å². The quantitative estimate of drug-likeness (QED) is 0.784. The number of nitrogens with zero attached hydrogens (tertiary/aromatic N) is 3. The summed E-state index contributed by atoms with van der Waals surface area (Å²) in [6.07, 6.45) is -2.31. The molecular weight excluding hydrogens is 375 g/mol. The molecule has 0 unspecified atom stereocenters. The van der Waals surface area contributed by atoms with Gasteiger partial charge in [0.25, 0.3) is 5.91 Å². The van der Waals surface area contributed by atoms with Crippen molar-refractivity contribution in [3.8, 4) is 0 Å². The summed E-state index contributed by atoms with van der Waals surface area (Å²) in [6.45, 7) is 1.71. The van der Waals surface area contributed by atoms with Gasteiger partial charge in [-0.05, 0) is 31.0 Å². The van der Waals surface area contributed by atoms with Crippen molar-refractivity contribution in [1.29, 1.82) is 0 Å². The molecule has 0 aliphatic carbocycles. The fourth-order valence-corrected chi connectivity index (χ4v) is 3.46. The fraction of sp³-hybridized carbons (Fsp3) is 0.526. The highest BCUT2D eigenvalue weighted by Gasteiger charge is 2.32. The lowest BCUT2D eigenvalue weighted by Gasteiger charge is -2.36. The second kappa shape index (κ2) is 8.20. The molecule has 2 aliphatic heterocycles. The summed E-state index contributed by atoms with van der Waals surface area (Å²) in [6, 6.07) is 4.35. The maximum Gasteiger partial charge on any atom is 0.416 e. The van der Waals surface area contributed by atoms with Gasteiger partial charge in [0.2, 0.25) is 11.8 Å². The zero-order valence-corrected chi connectivity index (χ0v) is 15.4. The van der Waals surface area contributed by atoms with Crippen molar-refractivity contribution >= 4 is 17.7 Å². The van der Waals surface area contributed by atoms with Crippen LogP contribution < -0.4 is 0 Å². The Hall–Kier alpha value is -2.58. The van der Waals surface area contributed by atoms with Gasteiger partial charge in [-0.2, -0.15) is 13.2 Å². The van der Waals surface area contributed by atoms with Gasteiger partial charge in [0.1, 0.15) is 0 Å². The molecule has 0 spiro atoms. The van der Waals surface area contributed by atoms with Crippen LogP contribution >= 0.6 is 0 Å². The van der Waals surface area contributed by atoms with E-state index in [0.29, 0.717) is 26.1 Å². The summed E-state index contributed by atoms with van der Waals surface area (Å²) >= 11 is 0. The number of carbonyl (C=O) groups excluding carboxylic acids is 3. The van der Waals surface area contributed by atoms with Crippen LogP contribution in [0.15, 0.2) is 24.3 Å². The van der Waals surface area contributed by atoms with Crippen molar-refractivity contribution in [1.82, 2.24) is 14.7 Å². The first-order chi connectivity index (χ1) is 13.3. The number of piperazine rings is 1. The van der Waals surface area contributed by atoms with Crippen LogP contribution in [0.1, 0.15) is 35.2 Å². The summed E-state index contributed by atoms with van der Waals surface area (Å²) in [4.78, 5) is 41.4. The number of likely N-dealkylation sites (tertiary alicyclic amines) is 1. The smallest absolute Gasteiger partial charge is 0.338 e. The van der Waals surface area contributed by atoms with Crippen molar-refractivity contribution in [2.45, 2.75) is 25.4 Å². The molecule has 152 valence electrons. The number of rotatable bonds is 3. The van der Waals surface area contributed by atoms with Gasteiger partial charge in [-0.25, -0.2) is 0 Å². The van der Waals surface area contributed by atoms with Gasteiger partial charge in [-0.1, -0.05) is 6.07 Å². The van der Waals surface area contributed by atoms with Gasteiger partial charge in [0, 0.05) is 44.7 Å². The predicted molar refractivity (Wildman–Crippen MR) is 94.4 cm³/mol. The molecule has 2 heterocycles. The third-order valence-corrected chi connectivity index (χ3v) is 5.10. The number of amides is 3. The Labute approximate surface area is 160 Å². The Morgan fingerprint density at radius 3 is 2.29 bits per heavy atom. The Morgan fingerprint density at radius 2 is 1.64 bits per heavy atom. The molecule has 0 aromatic heterocycles. The summed E-state index contributed by atoms with van der Waals surface area (Å²) in [7, 11) is 0. The lowest BCUT2D eigenvalue weighted by atomic mass is 10.1. The average Bonchev–Trinajstić information content (AvgIpc) is 2.69. The SMILES string of the molecule is O=C(CN1CCCCC1=O)N1CCN(C(=O)c2cccc(C(F)(F)F)c2)CC1. The van der Waals surface area contributed by atoms with Crippen LogP contribution in [0.25, 0.3) is 0 Å². The third kappa shape index (κ3) is 4.63. The Morgan fingerprint density at radius 1 is 0.964 bits per heavy atom. The standard InChI is InChI=1S/C19H22F3N3O3/c20-19(21,22)15-5-3-4-14(12-15)18(28)24-10-8-23(9-11-24)17(27)13-25-7-2-1-6-16(25)26/h3-5,12H,1-2,6-11,13H2. The molecule has 0 saturated carbocycles. The van der Waals surface area contributed by atoms with Gasteiger partial charge in [0.05, 0.1) is 12.1 Å². The monoisotopic (exact) mass is 397 g/mol. The zero-order chi connectivity index (χ0) is 20.3. The number of alkyl halides is 3. The van der Waals surface area contributed by atoms with Crippen LogP contribution in [0.5, 0.6) is 0 Å². The largest absolute Gasteiger partial charge is 0.416 e. The summed E-state index contributed by atoms with van der Waals surface area (Å²) in [5.74, 6) is -0.663. The van der Waals surface area contributed by atoms with E-state index in [1.807, 2.05) is 0 Å². The summed E-state index contributed by atoms with van der Waals surface area (Å²) < 4.78 is 38.5. The predicted octanol–water partition coefficient (Wildman–Crippen LogP) is 2.00. The minimum absolute atomic E-state index is 0.0158. The normalized spacial score (nSPS) is 18.4. The van der Waals surface area contributed by atoms with E-state index in [1.54, 1.807) is 9.80 Å². The van der Waals surface area contributed by atoms with Crippen molar-refractivity contribution in [2.24, 2.45) is 0 Å². The molecule has 1 aromatic carbocycles. The highest BCUT2D eigenvalue weighted by Crippen LogP contribution is 2.29. The Kier molecular flexibility index (Phi) is 5.90. The van der Waals surface area contributed by atoms with Crippen LogP contribution in [-0.2, 0) is 15.8 Å². The molecule has 0 N–H and O–H groups in total. The first kappa shape index (κ1) is 20.2. The Bertz CT molecular complexity index is 758. The van der Waals surface area contributed by atoms with Crippen LogP contribution in [0.4, 0.5) is 13.2 Å². The van der Waals surface area contributed by atoms with Crippen LogP contribution in [0, 0.1) is 0 Å². The van der Waals surface area contributed by atoms with Gasteiger partial charge in [-0.15, -0.1) is 0 Å². The minimum Gasteiger partial charge on any atom is -0.338 e. The molecular formula is C19H22F3N3O3. The van der Waals surface area contributed by atoms with E-state index in [0.717, 1.165) is 25.0 Å². The van der Waals surface area contributed by atoms with Crippen molar-refractivity contribution in [3.05, 3.63) is 35.4 Å². The second-order valence-electron chi connectivity index (χ2n) is 7.02. The maximum atomic E-state index is 12.8. The van der Waals surface area contributed by atoms with E-state index in [2.05, 4.69) is 0 Å². The molecule has 9 heteroatoms. The number of piperidine rings is 1. The first-order valence-electron chi connectivity index (χ1n) is 9.28. The van der Waals surface area contributed by atoms with E-state index in [1.165, 1.54) is 17.0 Å². The molecule has 2 aliphatic rings. The second-order valence-corrected chi connectivity index (χ2v) is 7.02. The molecule has 1 aromatic rings. The average molecular weight is 397 g/mol. The molecule has 2 fully saturated rings. The molecule has 3 rings (SSSR count). The highest BCUT2D eigenvalue weighted by molar-refractivity contribution is 5.94.